The number of ether oxygens (including phenoxy) is 3. The van der Waals surface area contributed by atoms with E-state index >= 15 is 0 Å². The lowest BCUT2D eigenvalue weighted by Gasteiger charge is -2.18. The molecule has 0 radical (unpaired) electrons. The highest BCUT2D eigenvalue weighted by atomic mass is 16.6. The van der Waals surface area contributed by atoms with Crippen LogP contribution < -0.4 is 0 Å². The van der Waals surface area contributed by atoms with Crippen LogP contribution in [-0.4, -0.2) is 37.2 Å². The number of carbonyl (C=O) groups is 3. The van der Waals surface area contributed by atoms with E-state index in [2.05, 4.69) is 118 Å². The summed E-state index contributed by atoms with van der Waals surface area (Å²) in [5.74, 6) is -0.884. The van der Waals surface area contributed by atoms with Crippen LogP contribution in [0.3, 0.4) is 0 Å². The number of hydrogen-bond donors (Lipinski definition) is 0. The minimum absolute atomic E-state index is 0.0779. The number of unbranched alkanes of at least 4 members (excludes halogenated alkanes) is 29. The first-order valence-electron chi connectivity index (χ1n) is 31.2. The van der Waals surface area contributed by atoms with E-state index in [0.29, 0.717) is 19.3 Å². The van der Waals surface area contributed by atoms with Gasteiger partial charge in [0, 0.05) is 19.3 Å². The summed E-state index contributed by atoms with van der Waals surface area (Å²) in [6.45, 7) is 6.50. The van der Waals surface area contributed by atoms with Crippen LogP contribution in [0.2, 0.25) is 0 Å². The van der Waals surface area contributed by atoms with Crippen molar-refractivity contribution >= 4 is 17.9 Å². The van der Waals surface area contributed by atoms with Crippen LogP contribution in [0.25, 0.3) is 0 Å². The fourth-order valence-corrected chi connectivity index (χ4v) is 8.65. The van der Waals surface area contributed by atoms with Crippen molar-refractivity contribution in [2.75, 3.05) is 13.2 Å². The number of hydrogen-bond acceptors (Lipinski definition) is 6. The van der Waals surface area contributed by atoms with Crippen molar-refractivity contribution in [1.82, 2.24) is 0 Å². The van der Waals surface area contributed by atoms with Crippen LogP contribution in [0.1, 0.15) is 297 Å². The summed E-state index contributed by atoms with van der Waals surface area (Å²) in [6, 6.07) is 0. The second kappa shape index (κ2) is 61.9. The van der Waals surface area contributed by atoms with Crippen LogP contribution in [0.5, 0.6) is 0 Å². The Hall–Kier alpha value is -3.67. The summed E-state index contributed by atoms with van der Waals surface area (Å²) >= 11 is 0. The Bertz CT molecular complexity index is 1460. The van der Waals surface area contributed by atoms with Crippen LogP contribution in [0.4, 0.5) is 0 Å². The second-order valence-corrected chi connectivity index (χ2v) is 20.6. The lowest BCUT2D eigenvalue weighted by atomic mass is 10.0. The molecule has 74 heavy (non-hydrogen) atoms. The van der Waals surface area contributed by atoms with Gasteiger partial charge in [-0.05, 0) is 103 Å². The molecule has 0 aliphatic heterocycles. The van der Waals surface area contributed by atoms with Crippen molar-refractivity contribution in [3.63, 3.8) is 0 Å². The standard InChI is InChI=1S/C68H116O6/c1-4-7-10-13-16-19-22-24-25-26-27-28-29-30-31-32-33-34-35-36-37-38-39-40-41-42-43-44-47-49-52-55-58-61-67(70)73-64-65(63-72-66(69)60-57-54-51-48-45-21-18-15-12-9-6-3)74-68(71)62-59-56-53-50-46-23-20-17-14-11-8-5-2/h7,10,16-17,19-20,24-25,27-28,30-31,33-34,36-37,65H,4-6,8-9,11-15,18,21-23,26,29,32,35,38-64H2,1-3H3/b10-7-,19-16-,20-17-,25-24-,28-27-,31-30-,34-33-,37-36-. The van der Waals surface area contributed by atoms with E-state index in [-0.39, 0.29) is 31.1 Å². The molecule has 0 heterocycles. The van der Waals surface area contributed by atoms with Crippen LogP contribution >= 0.6 is 0 Å². The smallest absolute Gasteiger partial charge is 0.306 e. The predicted molar refractivity (Wildman–Crippen MR) is 320 cm³/mol. The molecule has 6 heteroatoms. The van der Waals surface area contributed by atoms with Gasteiger partial charge in [0.05, 0.1) is 0 Å². The molecule has 0 spiro atoms. The topological polar surface area (TPSA) is 78.9 Å². The molecule has 0 aromatic carbocycles. The average Bonchev–Trinajstić information content (AvgIpc) is 3.40. The highest BCUT2D eigenvalue weighted by molar-refractivity contribution is 5.71. The second-order valence-electron chi connectivity index (χ2n) is 20.6. The third kappa shape index (κ3) is 59.2. The molecule has 0 bridgehead atoms. The maximum Gasteiger partial charge on any atom is 0.306 e. The Balaban J connectivity index is 4.14. The quantitative estimate of drug-likeness (QED) is 0.0261. The van der Waals surface area contributed by atoms with Gasteiger partial charge in [0.1, 0.15) is 13.2 Å². The van der Waals surface area contributed by atoms with Crippen LogP contribution in [0.15, 0.2) is 97.2 Å². The molecule has 0 saturated carbocycles. The van der Waals surface area contributed by atoms with Crippen molar-refractivity contribution in [2.24, 2.45) is 0 Å². The molecular formula is C68H116O6. The molecule has 0 N–H and O–H groups in total. The minimum Gasteiger partial charge on any atom is -0.462 e. The maximum absolute atomic E-state index is 12.8. The van der Waals surface area contributed by atoms with E-state index in [0.717, 1.165) is 116 Å². The summed E-state index contributed by atoms with van der Waals surface area (Å²) in [4.78, 5) is 38.1. The fraction of sp³-hybridized carbons (Fsp3) is 0.721. The lowest BCUT2D eigenvalue weighted by molar-refractivity contribution is -0.167. The largest absolute Gasteiger partial charge is 0.462 e. The van der Waals surface area contributed by atoms with E-state index in [1.54, 1.807) is 0 Å². The molecule has 1 atom stereocenters. The van der Waals surface area contributed by atoms with Crippen molar-refractivity contribution < 1.29 is 28.6 Å². The molecule has 0 fully saturated rings. The highest BCUT2D eigenvalue weighted by Crippen LogP contribution is 2.16. The SMILES string of the molecule is CC/C=C\C/C=C\C/C=C\C/C=C\C/C=C\C/C=C\C/C=C\CCCCCCCCCCCCCC(=O)OCC(COC(=O)CCCCCCCCCCCCC)OC(=O)CCCCCCC/C=C\CCCCC. The lowest BCUT2D eigenvalue weighted by Crippen LogP contribution is -2.30. The third-order valence-electron chi connectivity index (χ3n) is 13.3. The summed E-state index contributed by atoms with van der Waals surface area (Å²) in [5.41, 5.74) is 0. The third-order valence-corrected chi connectivity index (χ3v) is 13.3. The molecule has 0 aliphatic rings. The van der Waals surface area contributed by atoms with Crippen molar-refractivity contribution in [1.29, 1.82) is 0 Å². The Morgan fingerprint density at radius 1 is 0.284 bits per heavy atom. The van der Waals surface area contributed by atoms with Gasteiger partial charge >= 0.3 is 17.9 Å². The van der Waals surface area contributed by atoms with E-state index in [1.807, 2.05) is 0 Å². The number of rotatable bonds is 56. The molecule has 6 nitrogen and oxygen atoms in total. The van der Waals surface area contributed by atoms with Crippen molar-refractivity contribution in [2.45, 2.75) is 303 Å². The molecule has 0 aliphatic carbocycles. The van der Waals surface area contributed by atoms with Gasteiger partial charge in [-0.1, -0.05) is 272 Å². The number of allylic oxidation sites excluding steroid dienone is 16. The molecule has 0 aromatic heterocycles. The highest BCUT2D eigenvalue weighted by Gasteiger charge is 2.19. The normalized spacial score (nSPS) is 12.7. The Morgan fingerprint density at radius 2 is 0.527 bits per heavy atom. The Labute approximate surface area is 457 Å². The molecule has 0 rings (SSSR count). The first-order valence-corrected chi connectivity index (χ1v) is 31.2. The Morgan fingerprint density at radius 3 is 0.865 bits per heavy atom. The minimum atomic E-state index is -0.779. The zero-order valence-electron chi connectivity index (χ0n) is 48.6. The molecule has 0 amide bonds. The van der Waals surface area contributed by atoms with E-state index in [1.165, 1.54) is 141 Å². The maximum atomic E-state index is 12.8. The fourth-order valence-electron chi connectivity index (χ4n) is 8.65. The van der Waals surface area contributed by atoms with Crippen LogP contribution in [-0.2, 0) is 28.6 Å². The van der Waals surface area contributed by atoms with E-state index < -0.39 is 6.10 Å². The predicted octanol–water partition coefficient (Wildman–Crippen LogP) is 21.3. The zero-order chi connectivity index (χ0) is 53.6. The monoisotopic (exact) mass is 1030 g/mol. The van der Waals surface area contributed by atoms with Gasteiger partial charge in [-0.2, -0.15) is 0 Å². The van der Waals surface area contributed by atoms with Crippen molar-refractivity contribution in [3.8, 4) is 0 Å². The summed E-state index contributed by atoms with van der Waals surface area (Å²) in [7, 11) is 0. The van der Waals surface area contributed by atoms with Gasteiger partial charge in [0.25, 0.3) is 0 Å². The zero-order valence-corrected chi connectivity index (χ0v) is 48.6. The Kier molecular flexibility index (Phi) is 58.8. The van der Waals surface area contributed by atoms with Gasteiger partial charge in [0.15, 0.2) is 6.10 Å². The van der Waals surface area contributed by atoms with Gasteiger partial charge < -0.3 is 14.2 Å². The van der Waals surface area contributed by atoms with Crippen molar-refractivity contribution in [3.05, 3.63) is 97.2 Å². The van der Waals surface area contributed by atoms with Gasteiger partial charge in [-0.15, -0.1) is 0 Å². The summed E-state index contributed by atoms with van der Waals surface area (Å²) in [6.07, 6.45) is 82.8. The molecule has 0 aromatic rings. The van der Waals surface area contributed by atoms with Crippen LogP contribution in [0, 0.1) is 0 Å². The average molecular weight is 1030 g/mol. The molecule has 0 saturated heterocycles. The van der Waals surface area contributed by atoms with Gasteiger partial charge in [-0.25, -0.2) is 0 Å². The first-order chi connectivity index (χ1) is 36.5. The van der Waals surface area contributed by atoms with Gasteiger partial charge in [-0.3, -0.25) is 14.4 Å². The van der Waals surface area contributed by atoms with E-state index in [9.17, 15) is 14.4 Å². The molecule has 1 unspecified atom stereocenters. The summed E-state index contributed by atoms with van der Waals surface area (Å²) in [5, 5.41) is 0. The van der Waals surface area contributed by atoms with Gasteiger partial charge in [0.2, 0.25) is 0 Å². The summed E-state index contributed by atoms with van der Waals surface area (Å²) < 4.78 is 16.8. The van der Waals surface area contributed by atoms with E-state index in [4.69, 9.17) is 14.2 Å². The first kappa shape index (κ1) is 70.3. The number of carbonyl (C=O) groups excluding carboxylic acids is 3. The number of esters is 3. The molecular weight excluding hydrogens is 913 g/mol. The molecule has 424 valence electrons.